The van der Waals surface area contributed by atoms with E-state index in [9.17, 15) is 4.39 Å². The predicted molar refractivity (Wildman–Crippen MR) is 74.6 cm³/mol. The molecule has 1 aromatic rings. The fourth-order valence-electron chi connectivity index (χ4n) is 2.55. The highest BCUT2D eigenvalue weighted by atomic mass is 19.1. The first-order chi connectivity index (χ1) is 9.67. The quantitative estimate of drug-likeness (QED) is 0.845. The summed E-state index contributed by atoms with van der Waals surface area (Å²) in [4.78, 5) is 4.29. The van der Waals surface area contributed by atoms with Crippen LogP contribution in [0.25, 0.3) is 0 Å². The van der Waals surface area contributed by atoms with Crippen LogP contribution in [0.15, 0.2) is 18.2 Å². The van der Waals surface area contributed by atoms with Crippen LogP contribution in [0.3, 0.4) is 0 Å². The molecule has 0 bridgehead atoms. The SMILES string of the molecule is CC(CC#N)N1CCN(c2cccc(F)c2C#N)CC1. The molecule has 5 heteroatoms. The molecular weight excluding hydrogens is 255 g/mol. The zero-order valence-electron chi connectivity index (χ0n) is 11.5. The maximum atomic E-state index is 13.6. The Morgan fingerprint density at radius 3 is 2.55 bits per heavy atom. The van der Waals surface area contributed by atoms with Crippen molar-refractivity contribution >= 4 is 5.69 Å². The van der Waals surface area contributed by atoms with E-state index in [0.717, 1.165) is 26.2 Å². The first-order valence-electron chi connectivity index (χ1n) is 6.72. The summed E-state index contributed by atoms with van der Waals surface area (Å²) < 4.78 is 13.6. The lowest BCUT2D eigenvalue weighted by Crippen LogP contribution is -2.49. The maximum absolute atomic E-state index is 13.6. The zero-order chi connectivity index (χ0) is 14.5. The Bertz CT molecular complexity index is 550. The molecule has 104 valence electrons. The molecule has 1 aliphatic rings. The molecule has 1 saturated heterocycles. The normalized spacial score (nSPS) is 17.3. The Morgan fingerprint density at radius 2 is 1.95 bits per heavy atom. The van der Waals surface area contributed by atoms with E-state index in [2.05, 4.69) is 11.0 Å². The molecule has 1 atom stereocenters. The number of rotatable bonds is 3. The molecule has 0 N–H and O–H groups in total. The average molecular weight is 272 g/mol. The number of halogens is 1. The summed E-state index contributed by atoms with van der Waals surface area (Å²) in [5.74, 6) is -0.467. The third kappa shape index (κ3) is 2.89. The summed E-state index contributed by atoms with van der Waals surface area (Å²) in [6, 6.07) is 9.10. The molecule has 1 unspecified atom stereocenters. The van der Waals surface area contributed by atoms with Crippen LogP contribution >= 0.6 is 0 Å². The van der Waals surface area contributed by atoms with Crippen molar-refractivity contribution in [2.24, 2.45) is 0 Å². The van der Waals surface area contributed by atoms with E-state index in [1.807, 2.05) is 17.9 Å². The van der Waals surface area contributed by atoms with E-state index in [1.165, 1.54) is 6.07 Å². The molecule has 1 aliphatic heterocycles. The van der Waals surface area contributed by atoms with Crippen molar-refractivity contribution < 1.29 is 4.39 Å². The minimum atomic E-state index is -0.467. The second-order valence-electron chi connectivity index (χ2n) is 4.98. The van der Waals surface area contributed by atoms with Gasteiger partial charge in [-0.25, -0.2) is 4.39 Å². The van der Waals surface area contributed by atoms with Gasteiger partial charge in [-0.3, -0.25) is 4.90 Å². The van der Waals surface area contributed by atoms with Crippen molar-refractivity contribution in [1.82, 2.24) is 4.90 Å². The van der Waals surface area contributed by atoms with Gasteiger partial charge in [-0.1, -0.05) is 6.07 Å². The molecule has 0 aromatic heterocycles. The predicted octanol–water partition coefficient (Wildman–Crippen LogP) is 2.12. The summed E-state index contributed by atoms with van der Waals surface area (Å²) >= 11 is 0. The molecule has 2 rings (SSSR count). The highest BCUT2D eigenvalue weighted by molar-refractivity contribution is 5.60. The van der Waals surface area contributed by atoms with Gasteiger partial charge in [0.1, 0.15) is 17.4 Å². The van der Waals surface area contributed by atoms with Crippen LogP contribution < -0.4 is 4.90 Å². The van der Waals surface area contributed by atoms with Crippen LogP contribution in [0.4, 0.5) is 10.1 Å². The number of nitrogens with zero attached hydrogens (tertiary/aromatic N) is 4. The number of hydrogen-bond acceptors (Lipinski definition) is 4. The highest BCUT2D eigenvalue weighted by Crippen LogP contribution is 2.24. The van der Waals surface area contributed by atoms with E-state index >= 15 is 0 Å². The molecule has 1 heterocycles. The summed E-state index contributed by atoms with van der Waals surface area (Å²) in [7, 11) is 0. The van der Waals surface area contributed by atoms with Gasteiger partial charge in [0.15, 0.2) is 0 Å². The lowest BCUT2D eigenvalue weighted by Gasteiger charge is -2.38. The number of anilines is 1. The molecule has 0 spiro atoms. The molecule has 1 fully saturated rings. The van der Waals surface area contributed by atoms with Crippen molar-refractivity contribution in [2.75, 3.05) is 31.1 Å². The Kier molecular flexibility index (Phi) is 4.55. The number of piperazine rings is 1. The third-order valence-electron chi connectivity index (χ3n) is 3.77. The summed E-state index contributed by atoms with van der Waals surface area (Å²) in [5, 5.41) is 17.8. The van der Waals surface area contributed by atoms with E-state index in [-0.39, 0.29) is 11.6 Å². The lowest BCUT2D eigenvalue weighted by atomic mass is 10.1. The number of hydrogen-bond donors (Lipinski definition) is 0. The maximum Gasteiger partial charge on any atom is 0.143 e. The standard InChI is InChI=1S/C15H17FN4/c1-12(5-6-17)19-7-9-20(10-8-19)15-4-2-3-14(16)13(15)11-18/h2-4,12H,5,7-10H2,1H3. The summed E-state index contributed by atoms with van der Waals surface area (Å²) in [5.41, 5.74) is 0.783. The first kappa shape index (κ1) is 14.3. The number of benzene rings is 1. The molecule has 1 aromatic carbocycles. The average Bonchev–Trinajstić information content (AvgIpc) is 2.47. The topological polar surface area (TPSA) is 54.1 Å². The minimum Gasteiger partial charge on any atom is -0.368 e. The Morgan fingerprint density at radius 1 is 1.25 bits per heavy atom. The van der Waals surface area contributed by atoms with Gasteiger partial charge in [0.2, 0.25) is 0 Å². The van der Waals surface area contributed by atoms with Gasteiger partial charge < -0.3 is 4.90 Å². The fraction of sp³-hybridized carbons (Fsp3) is 0.467. The lowest BCUT2D eigenvalue weighted by molar-refractivity contribution is 0.199. The van der Waals surface area contributed by atoms with E-state index < -0.39 is 5.82 Å². The molecule has 4 nitrogen and oxygen atoms in total. The van der Waals surface area contributed by atoms with Crippen LogP contribution in [0.2, 0.25) is 0 Å². The van der Waals surface area contributed by atoms with Crippen molar-refractivity contribution in [3.8, 4) is 12.1 Å². The Balaban J connectivity index is 2.07. The monoisotopic (exact) mass is 272 g/mol. The fourth-order valence-corrected chi connectivity index (χ4v) is 2.55. The first-order valence-corrected chi connectivity index (χ1v) is 6.72. The Labute approximate surface area is 118 Å². The van der Waals surface area contributed by atoms with Gasteiger partial charge in [-0.2, -0.15) is 10.5 Å². The van der Waals surface area contributed by atoms with Crippen molar-refractivity contribution in [3.63, 3.8) is 0 Å². The van der Waals surface area contributed by atoms with Crippen molar-refractivity contribution in [2.45, 2.75) is 19.4 Å². The van der Waals surface area contributed by atoms with Crippen molar-refractivity contribution in [3.05, 3.63) is 29.6 Å². The van der Waals surface area contributed by atoms with Gasteiger partial charge >= 0.3 is 0 Å². The van der Waals surface area contributed by atoms with Gasteiger partial charge in [-0.15, -0.1) is 0 Å². The molecule has 0 radical (unpaired) electrons. The second kappa shape index (κ2) is 6.36. The van der Waals surface area contributed by atoms with Crippen LogP contribution in [0.5, 0.6) is 0 Å². The molecule has 0 saturated carbocycles. The van der Waals surface area contributed by atoms with Crippen LogP contribution in [0, 0.1) is 28.5 Å². The molecule has 0 aliphatic carbocycles. The summed E-state index contributed by atoms with van der Waals surface area (Å²) in [6.07, 6.45) is 0.517. The smallest absolute Gasteiger partial charge is 0.143 e. The van der Waals surface area contributed by atoms with E-state index in [0.29, 0.717) is 12.1 Å². The Hall–Kier alpha value is -2.11. The highest BCUT2D eigenvalue weighted by Gasteiger charge is 2.23. The molecule has 0 amide bonds. The summed E-state index contributed by atoms with van der Waals surface area (Å²) in [6.45, 7) is 5.18. The largest absolute Gasteiger partial charge is 0.368 e. The van der Waals surface area contributed by atoms with Crippen LogP contribution in [-0.2, 0) is 0 Å². The third-order valence-corrected chi connectivity index (χ3v) is 3.77. The zero-order valence-corrected chi connectivity index (χ0v) is 11.5. The number of nitriles is 2. The van der Waals surface area contributed by atoms with Gasteiger partial charge in [-0.05, 0) is 19.1 Å². The molecular formula is C15H17FN4. The van der Waals surface area contributed by atoms with Gasteiger partial charge in [0, 0.05) is 32.2 Å². The van der Waals surface area contributed by atoms with E-state index in [4.69, 9.17) is 10.5 Å². The van der Waals surface area contributed by atoms with Gasteiger partial charge in [0.25, 0.3) is 0 Å². The van der Waals surface area contributed by atoms with E-state index in [1.54, 1.807) is 12.1 Å². The van der Waals surface area contributed by atoms with Crippen LogP contribution in [-0.4, -0.2) is 37.1 Å². The molecule has 20 heavy (non-hydrogen) atoms. The van der Waals surface area contributed by atoms with Gasteiger partial charge in [0.05, 0.1) is 18.2 Å². The second-order valence-corrected chi connectivity index (χ2v) is 4.98. The van der Waals surface area contributed by atoms with Crippen LogP contribution in [0.1, 0.15) is 18.9 Å². The minimum absolute atomic E-state index is 0.117. The van der Waals surface area contributed by atoms with Crippen molar-refractivity contribution in [1.29, 1.82) is 10.5 Å².